The van der Waals surface area contributed by atoms with Crippen LogP contribution in [0.1, 0.15) is 54.4 Å². The van der Waals surface area contributed by atoms with Gasteiger partial charge in [-0.25, -0.2) is 4.99 Å². The number of phenols is 1. The van der Waals surface area contributed by atoms with Gasteiger partial charge < -0.3 is 43.5 Å². The molecule has 0 spiro atoms. The van der Waals surface area contributed by atoms with Crippen molar-refractivity contribution in [2.45, 2.75) is 82.6 Å². The first-order valence-electron chi connectivity index (χ1n) is 15.0. The number of hydrogen-bond donors (Lipinski definition) is 8. The molecular weight excluding hydrogens is 562 g/mol. The molecule has 12 N–H and O–H groups in total. The van der Waals surface area contributed by atoms with Crippen LogP contribution >= 0.6 is 0 Å². The van der Waals surface area contributed by atoms with Gasteiger partial charge in [-0.2, -0.15) is 0 Å². The summed E-state index contributed by atoms with van der Waals surface area (Å²) in [6.07, 6.45) is 4.86. The number of nitrogens with two attached hydrogens (primary N) is 4. The van der Waals surface area contributed by atoms with Crippen LogP contribution in [-0.2, 0) is 27.3 Å². The molecule has 1 aliphatic rings. The molecule has 44 heavy (non-hydrogen) atoms. The third kappa shape index (κ3) is 9.93. The van der Waals surface area contributed by atoms with Gasteiger partial charge in [0.05, 0.1) is 12.1 Å². The molecule has 0 aromatic heterocycles. The molecule has 240 valence electrons. The van der Waals surface area contributed by atoms with Crippen molar-refractivity contribution in [1.29, 1.82) is 0 Å². The van der Waals surface area contributed by atoms with E-state index in [0.29, 0.717) is 38.8 Å². The molecule has 1 aliphatic heterocycles. The Hall–Kier alpha value is -4.20. The van der Waals surface area contributed by atoms with Crippen molar-refractivity contribution in [2.24, 2.45) is 32.9 Å². The maximum Gasteiger partial charge on any atom is 0.243 e. The van der Waals surface area contributed by atoms with Crippen molar-refractivity contribution >= 4 is 24.2 Å². The van der Waals surface area contributed by atoms with Gasteiger partial charge in [-0.3, -0.25) is 14.6 Å². The van der Waals surface area contributed by atoms with E-state index in [9.17, 15) is 14.7 Å². The summed E-state index contributed by atoms with van der Waals surface area (Å²) in [6, 6.07) is 10.7. The molecule has 0 saturated carbocycles. The van der Waals surface area contributed by atoms with Gasteiger partial charge in [0.2, 0.25) is 11.8 Å². The molecule has 2 amide bonds. The molecule has 0 radical (unpaired) electrons. The minimum atomic E-state index is -0.980. The molecule has 0 bridgehead atoms. The number of guanidine groups is 1. The average molecular weight is 610 g/mol. The molecule has 3 unspecified atom stereocenters. The third-order valence-corrected chi connectivity index (χ3v) is 7.75. The van der Waals surface area contributed by atoms with Gasteiger partial charge in [-0.1, -0.05) is 36.8 Å². The highest BCUT2D eigenvalue weighted by atomic mass is 16.7. The third-order valence-electron chi connectivity index (χ3n) is 7.75. The summed E-state index contributed by atoms with van der Waals surface area (Å²) in [5.41, 5.74) is 28.2. The lowest BCUT2D eigenvalue weighted by Crippen LogP contribution is -2.62. The van der Waals surface area contributed by atoms with E-state index >= 15 is 0 Å². The molecule has 13 nitrogen and oxygen atoms in total. The predicted molar refractivity (Wildman–Crippen MR) is 172 cm³/mol. The maximum absolute atomic E-state index is 14.1. The standard InChI is InChI=1S/C31H47N9O4/c1-20-15-23(41)16-21(2)24(20)17-26(38-28(42)25(33)11-8-14-36-30(34)35)29(43)39-27(12-6-7-13-32)31(37-19-44-40-31)18-22-9-4-3-5-10-22/h3-5,9-10,15-16,19,25-27,40-41H,6-8,11-14,17-18,32-33H2,1-2H3,(H,38,42)(H,39,43)(H4,34,35,36)/t25?,26?,27-,31?/m0/s1. The van der Waals surface area contributed by atoms with Crippen LogP contribution in [-0.4, -0.2) is 66.2 Å². The molecular formula is C31H47N9O4. The van der Waals surface area contributed by atoms with Crippen LogP contribution in [0.25, 0.3) is 0 Å². The lowest BCUT2D eigenvalue weighted by Gasteiger charge is -2.35. The van der Waals surface area contributed by atoms with Gasteiger partial charge >= 0.3 is 0 Å². The number of nitrogens with one attached hydrogen (secondary N) is 3. The quantitative estimate of drug-likeness (QED) is 0.0709. The van der Waals surface area contributed by atoms with Gasteiger partial charge in [0.1, 0.15) is 11.8 Å². The monoisotopic (exact) mass is 609 g/mol. The van der Waals surface area contributed by atoms with Gasteiger partial charge in [0.15, 0.2) is 18.0 Å². The largest absolute Gasteiger partial charge is 0.508 e. The fraction of sp³-hybridized carbons (Fsp3) is 0.484. The van der Waals surface area contributed by atoms with Gasteiger partial charge in [0, 0.05) is 19.4 Å². The minimum absolute atomic E-state index is 0.0306. The molecule has 0 fully saturated rings. The Kier molecular flexibility index (Phi) is 12.9. The van der Waals surface area contributed by atoms with E-state index in [-0.39, 0.29) is 18.1 Å². The number of hydroxylamine groups is 1. The summed E-state index contributed by atoms with van der Waals surface area (Å²) in [7, 11) is 0. The Bertz CT molecular complexity index is 1280. The van der Waals surface area contributed by atoms with Crippen molar-refractivity contribution in [3.05, 3.63) is 64.7 Å². The van der Waals surface area contributed by atoms with Crippen molar-refractivity contribution in [1.82, 2.24) is 16.1 Å². The number of phenolic OH excluding ortho intramolecular Hbond substituents is 1. The van der Waals surface area contributed by atoms with Crippen LogP contribution in [0.4, 0.5) is 0 Å². The van der Waals surface area contributed by atoms with Gasteiger partial charge in [-0.05, 0) is 80.5 Å². The molecule has 13 heteroatoms. The second-order valence-corrected chi connectivity index (χ2v) is 11.3. The maximum atomic E-state index is 14.1. The zero-order chi connectivity index (χ0) is 32.1. The smallest absolute Gasteiger partial charge is 0.243 e. The van der Waals surface area contributed by atoms with Crippen molar-refractivity contribution in [2.75, 3.05) is 13.1 Å². The number of unbranched alkanes of at least 4 members (excludes halogenated alkanes) is 1. The van der Waals surface area contributed by atoms with E-state index in [2.05, 4.69) is 26.1 Å². The molecule has 1 heterocycles. The van der Waals surface area contributed by atoms with Crippen molar-refractivity contribution in [3.8, 4) is 5.75 Å². The fourth-order valence-electron chi connectivity index (χ4n) is 5.38. The van der Waals surface area contributed by atoms with E-state index in [4.69, 9.17) is 27.8 Å². The lowest BCUT2D eigenvalue weighted by atomic mass is 9.89. The Morgan fingerprint density at radius 2 is 1.75 bits per heavy atom. The number of carbonyl (C=O) groups excluding carboxylic acids is 2. The predicted octanol–water partition coefficient (Wildman–Crippen LogP) is 0.533. The van der Waals surface area contributed by atoms with E-state index in [0.717, 1.165) is 35.1 Å². The molecule has 2 aromatic carbocycles. The van der Waals surface area contributed by atoms with Crippen LogP contribution in [0.5, 0.6) is 5.75 Å². The second-order valence-electron chi connectivity index (χ2n) is 11.3. The van der Waals surface area contributed by atoms with E-state index < -0.39 is 35.6 Å². The topological polar surface area (TPSA) is 228 Å². The number of aromatic hydroxyl groups is 1. The lowest BCUT2D eigenvalue weighted by molar-refractivity contribution is -0.130. The number of benzene rings is 2. The summed E-state index contributed by atoms with van der Waals surface area (Å²) in [6.45, 7) is 4.56. The number of aliphatic imine (C=N–C) groups is 2. The summed E-state index contributed by atoms with van der Waals surface area (Å²) in [5.74, 6) is -0.767. The fourth-order valence-corrected chi connectivity index (χ4v) is 5.38. The Balaban J connectivity index is 1.88. The van der Waals surface area contributed by atoms with E-state index in [1.165, 1.54) is 6.40 Å². The highest BCUT2D eigenvalue weighted by Gasteiger charge is 2.43. The van der Waals surface area contributed by atoms with Crippen molar-refractivity contribution < 1.29 is 19.5 Å². The molecule has 0 saturated heterocycles. The van der Waals surface area contributed by atoms with Crippen LogP contribution in [0.2, 0.25) is 0 Å². The molecule has 0 aliphatic carbocycles. The summed E-state index contributed by atoms with van der Waals surface area (Å²) >= 11 is 0. The Morgan fingerprint density at radius 3 is 2.36 bits per heavy atom. The second kappa shape index (κ2) is 16.6. The summed E-state index contributed by atoms with van der Waals surface area (Å²) in [4.78, 5) is 41.4. The number of aryl methyl sites for hydroxylation is 2. The number of hydrogen-bond acceptors (Lipinski definition) is 9. The van der Waals surface area contributed by atoms with Gasteiger partial charge in [0.25, 0.3) is 0 Å². The minimum Gasteiger partial charge on any atom is -0.508 e. The van der Waals surface area contributed by atoms with Gasteiger partial charge in [-0.15, -0.1) is 5.48 Å². The first-order valence-corrected chi connectivity index (χ1v) is 15.0. The highest BCUT2D eigenvalue weighted by Crippen LogP contribution is 2.27. The highest BCUT2D eigenvalue weighted by molar-refractivity contribution is 5.90. The first-order chi connectivity index (χ1) is 21.0. The van der Waals surface area contributed by atoms with Crippen LogP contribution in [0.3, 0.4) is 0 Å². The molecule has 2 aromatic rings. The van der Waals surface area contributed by atoms with Crippen LogP contribution in [0, 0.1) is 13.8 Å². The number of carbonyl (C=O) groups is 2. The zero-order valence-electron chi connectivity index (χ0n) is 25.6. The SMILES string of the molecule is Cc1cc(O)cc(C)c1CC(NC(=O)C(N)CCCN=C(N)N)C(=O)N[C@@H](CCCCN)C1(Cc2ccccc2)N=CON1. The first kappa shape index (κ1) is 34.3. The number of rotatable bonds is 17. The number of nitrogens with zero attached hydrogens (tertiary/aromatic N) is 2. The normalized spacial score (nSPS) is 17.7. The molecule has 4 atom stereocenters. The van der Waals surface area contributed by atoms with E-state index in [1.54, 1.807) is 12.1 Å². The average Bonchev–Trinajstić information content (AvgIpc) is 3.45. The Labute approximate surface area is 258 Å². The van der Waals surface area contributed by atoms with Crippen LogP contribution in [0.15, 0.2) is 52.4 Å². The molecule has 3 rings (SSSR count). The Morgan fingerprint density at radius 1 is 1.05 bits per heavy atom. The van der Waals surface area contributed by atoms with E-state index in [1.807, 2.05) is 44.2 Å². The van der Waals surface area contributed by atoms with Crippen LogP contribution < -0.4 is 39.0 Å². The van der Waals surface area contributed by atoms with Crippen molar-refractivity contribution in [3.63, 3.8) is 0 Å². The summed E-state index contributed by atoms with van der Waals surface area (Å²) in [5, 5.41) is 16.1. The zero-order valence-corrected chi connectivity index (χ0v) is 25.6. The summed E-state index contributed by atoms with van der Waals surface area (Å²) < 4.78 is 0. The number of amides is 2.